The summed E-state index contributed by atoms with van der Waals surface area (Å²) in [7, 11) is 3.57. The second-order valence-electron chi connectivity index (χ2n) is 3.38. The van der Waals surface area contributed by atoms with Crippen LogP contribution in [0.2, 0.25) is 0 Å². The first-order valence-corrected chi connectivity index (χ1v) is 5.37. The van der Waals surface area contributed by atoms with Crippen LogP contribution in [0.5, 0.6) is 11.5 Å². The zero-order chi connectivity index (χ0) is 11.8. The number of nitrogens with one attached hydrogen (secondary N) is 1. The van der Waals surface area contributed by atoms with E-state index in [1.54, 1.807) is 7.11 Å². The zero-order valence-electron chi connectivity index (χ0n) is 10.1. The van der Waals surface area contributed by atoms with E-state index in [0.29, 0.717) is 6.61 Å². The summed E-state index contributed by atoms with van der Waals surface area (Å²) >= 11 is 0. The van der Waals surface area contributed by atoms with Gasteiger partial charge in [0.25, 0.3) is 0 Å². The molecule has 1 N–H and O–H groups in total. The molecular formula is C13H19NO2. The van der Waals surface area contributed by atoms with Crippen molar-refractivity contribution in [3.63, 3.8) is 0 Å². The molecule has 0 radical (unpaired) electrons. The molecular weight excluding hydrogens is 202 g/mol. The summed E-state index contributed by atoms with van der Waals surface area (Å²) in [6, 6.07) is 5.87. The van der Waals surface area contributed by atoms with Crippen LogP contribution < -0.4 is 14.8 Å². The van der Waals surface area contributed by atoms with Crippen molar-refractivity contribution in [1.82, 2.24) is 5.32 Å². The average Bonchev–Trinajstić information content (AvgIpc) is 2.31. The van der Waals surface area contributed by atoms with Crippen molar-refractivity contribution < 1.29 is 9.47 Å². The van der Waals surface area contributed by atoms with E-state index in [4.69, 9.17) is 9.47 Å². The average molecular weight is 221 g/mol. The Bertz CT molecular complexity index is 348. The van der Waals surface area contributed by atoms with E-state index in [9.17, 15) is 0 Å². The number of rotatable bonds is 6. The highest BCUT2D eigenvalue weighted by Crippen LogP contribution is 2.24. The normalized spacial score (nSPS) is 10.7. The Morgan fingerprint density at radius 1 is 1.38 bits per heavy atom. The topological polar surface area (TPSA) is 30.5 Å². The smallest absolute Gasteiger partial charge is 0.127 e. The fourth-order valence-electron chi connectivity index (χ4n) is 1.37. The number of ether oxygens (including phenoxy) is 2. The molecule has 88 valence electrons. The second kappa shape index (κ2) is 6.90. The molecule has 0 aliphatic heterocycles. The third kappa shape index (κ3) is 3.59. The Labute approximate surface area is 97.1 Å². The first kappa shape index (κ1) is 12.6. The second-order valence-corrected chi connectivity index (χ2v) is 3.38. The molecule has 3 heteroatoms. The van der Waals surface area contributed by atoms with Gasteiger partial charge in [0, 0.05) is 18.2 Å². The van der Waals surface area contributed by atoms with Gasteiger partial charge in [-0.25, -0.2) is 0 Å². The van der Waals surface area contributed by atoms with Crippen LogP contribution in [0.4, 0.5) is 0 Å². The lowest BCUT2D eigenvalue weighted by atomic mass is 10.2. The molecule has 0 aliphatic carbocycles. The van der Waals surface area contributed by atoms with Gasteiger partial charge in [0.1, 0.15) is 18.1 Å². The maximum atomic E-state index is 5.67. The Morgan fingerprint density at radius 2 is 2.19 bits per heavy atom. The summed E-state index contributed by atoms with van der Waals surface area (Å²) in [6.45, 7) is 3.35. The first-order chi connectivity index (χ1) is 7.81. The van der Waals surface area contributed by atoms with Gasteiger partial charge in [-0.15, -0.1) is 0 Å². The fraction of sp³-hybridized carbons (Fsp3) is 0.385. The Hall–Kier alpha value is -1.48. The standard InChI is InChI=1S/C13H19NO2/c1-4-5-8-16-13-9-12(15-3)7-6-11(13)10-14-2/h4-7,9,14H,8,10H2,1-3H3/b5-4+. The molecule has 0 saturated heterocycles. The monoisotopic (exact) mass is 221 g/mol. The van der Waals surface area contributed by atoms with Gasteiger partial charge in [-0.1, -0.05) is 18.2 Å². The molecule has 0 saturated carbocycles. The lowest BCUT2D eigenvalue weighted by Gasteiger charge is -2.11. The predicted molar refractivity (Wildman–Crippen MR) is 66.1 cm³/mol. The van der Waals surface area contributed by atoms with Crippen molar-refractivity contribution in [2.45, 2.75) is 13.5 Å². The molecule has 1 aromatic carbocycles. The van der Waals surface area contributed by atoms with Crippen LogP contribution in [0.1, 0.15) is 12.5 Å². The molecule has 0 fully saturated rings. The highest BCUT2D eigenvalue weighted by molar-refractivity contribution is 5.40. The maximum absolute atomic E-state index is 5.67. The van der Waals surface area contributed by atoms with Gasteiger partial charge in [0.05, 0.1) is 7.11 Å². The van der Waals surface area contributed by atoms with Crippen molar-refractivity contribution in [1.29, 1.82) is 0 Å². The molecule has 0 aromatic heterocycles. The molecule has 0 unspecified atom stereocenters. The summed E-state index contributed by atoms with van der Waals surface area (Å²) in [5.41, 5.74) is 1.13. The molecule has 1 rings (SSSR count). The number of benzene rings is 1. The van der Waals surface area contributed by atoms with Gasteiger partial charge in [-0.2, -0.15) is 0 Å². The van der Waals surface area contributed by atoms with Crippen LogP contribution in [-0.2, 0) is 6.54 Å². The predicted octanol–water partition coefficient (Wildman–Crippen LogP) is 2.37. The highest BCUT2D eigenvalue weighted by atomic mass is 16.5. The minimum atomic E-state index is 0.584. The number of hydrogen-bond acceptors (Lipinski definition) is 3. The number of hydrogen-bond donors (Lipinski definition) is 1. The Balaban J connectivity index is 2.81. The lowest BCUT2D eigenvalue weighted by molar-refractivity contribution is 0.352. The van der Waals surface area contributed by atoms with Crippen molar-refractivity contribution >= 4 is 0 Å². The maximum Gasteiger partial charge on any atom is 0.127 e. The van der Waals surface area contributed by atoms with E-state index in [1.807, 2.05) is 44.3 Å². The molecule has 0 aliphatic rings. The summed E-state index contributed by atoms with van der Waals surface area (Å²) in [5.74, 6) is 1.68. The minimum absolute atomic E-state index is 0.584. The SMILES string of the molecule is C/C=C/COc1cc(OC)ccc1CNC. The molecule has 3 nitrogen and oxygen atoms in total. The van der Waals surface area contributed by atoms with E-state index in [0.717, 1.165) is 23.6 Å². The molecule has 16 heavy (non-hydrogen) atoms. The van der Waals surface area contributed by atoms with Gasteiger partial charge in [-0.3, -0.25) is 0 Å². The summed E-state index contributed by atoms with van der Waals surface area (Å²) in [4.78, 5) is 0. The summed E-state index contributed by atoms with van der Waals surface area (Å²) in [5, 5.41) is 3.11. The summed E-state index contributed by atoms with van der Waals surface area (Å²) in [6.07, 6.45) is 3.94. The van der Waals surface area contributed by atoms with Crippen molar-refractivity contribution in [2.24, 2.45) is 0 Å². The third-order valence-corrected chi connectivity index (χ3v) is 2.21. The molecule has 0 heterocycles. The Kier molecular flexibility index (Phi) is 5.43. The zero-order valence-corrected chi connectivity index (χ0v) is 10.1. The molecule has 0 bridgehead atoms. The van der Waals surface area contributed by atoms with E-state index < -0.39 is 0 Å². The van der Waals surface area contributed by atoms with Crippen molar-refractivity contribution in [2.75, 3.05) is 20.8 Å². The van der Waals surface area contributed by atoms with Crippen molar-refractivity contribution in [3.8, 4) is 11.5 Å². The molecule has 1 aromatic rings. The summed E-state index contributed by atoms with van der Waals surface area (Å²) < 4.78 is 10.8. The van der Waals surface area contributed by atoms with Gasteiger partial charge in [-0.05, 0) is 20.0 Å². The van der Waals surface area contributed by atoms with Crippen LogP contribution in [0.15, 0.2) is 30.4 Å². The van der Waals surface area contributed by atoms with Gasteiger partial charge in [0.2, 0.25) is 0 Å². The van der Waals surface area contributed by atoms with E-state index >= 15 is 0 Å². The molecule has 0 atom stereocenters. The largest absolute Gasteiger partial charge is 0.497 e. The van der Waals surface area contributed by atoms with Crippen LogP contribution in [0.25, 0.3) is 0 Å². The number of allylic oxidation sites excluding steroid dienone is 1. The highest BCUT2D eigenvalue weighted by Gasteiger charge is 2.04. The van der Waals surface area contributed by atoms with Gasteiger partial charge >= 0.3 is 0 Å². The Morgan fingerprint density at radius 3 is 2.81 bits per heavy atom. The lowest BCUT2D eigenvalue weighted by Crippen LogP contribution is -2.07. The van der Waals surface area contributed by atoms with Crippen molar-refractivity contribution in [3.05, 3.63) is 35.9 Å². The van der Waals surface area contributed by atoms with Gasteiger partial charge < -0.3 is 14.8 Å². The first-order valence-electron chi connectivity index (χ1n) is 5.37. The van der Waals surface area contributed by atoms with Crippen LogP contribution >= 0.6 is 0 Å². The number of methoxy groups -OCH3 is 1. The van der Waals surface area contributed by atoms with Crippen LogP contribution in [0.3, 0.4) is 0 Å². The van der Waals surface area contributed by atoms with Crippen LogP contribution in [-0.4, -0.2) is 20.8 Å². The third-order valence-electron chi connectivity index (χ3n) is 2.21. The van der Waals surface area contributed by atoms with E-state index in [-0.39, 0.29) is 0 Å². The van der Waals surface area contributed by atoms with Gasteiger partial charge in [0.15, 0.2) is 0 Å². The van der Waals surface area contributed by atoms with E-state index in [1.165, 1.54) is 0 Å². The minimum Gasteiger partial charge on any atom is -0.497 e. The molecule has 0 spiro atoms. The fourth-order valence-corrected chi connectivity index (χ4v) is 1.37. The molecule has 0 amide bonds. The van der Waals surface area contributed by atoms with E-state index in [2.05, 4.69) is 5.32 Å². The van der Waals surface area contributed by atoms with Crippen LogP contribution in [0, 0.1) is 0 Å². The quantitative estimate of drug-likeness (QED) is 0.748.